The van der Waals surface area contributed by atoms with Crippen molar-refractivity contribution in [3.05, 3.63) is 35.4 Å². The number of carbonyl (C=O) groups excluding carboxylic acids is 1. The first kappa shape index (κ1) is 15.7. The second-order valence-corrected chi connectivity index (χ2v) is 6.79. The second-order valence-electron chi connectivity index (χ2n) is 6.79. The molecule has 0 radical (unpaired) electrons. The van der Waals surface area contributed by atoms with Crippen LogP contribution in [0.1, 0.15) is 49.5 Å². The summed E-state index contributed by atoms with van der Waals surface area (Å²) in [6.07, 6.45) is 2.29. The highest BCUT2D eigenvalue weighted by Gasteiger charge is 2.41. The lowest BCUT2D eigenvalue weighted by molar-refractivity contribution is -0.142. The van der Waals surface area contributed by atoms with Gasteiger partial charge in [-0.15, -0.1) is 0 Å². The van der Waals surface area contributed by atoms with Crippen molar-refractivity contribution in [2.75, 3.05) is 0 Å². The molecule has 0 aromatic heterocycles. The Hall–Kier alpha value is -1.64. The minimum absolute atomic E-state index is 0.0113. The van der Waals surface area contributed by atoms with E-state index < -0.39 is 11.9 Å². The van der Waals surface area contributed by atoms with Gasteiger partial charge in [-0.05, 0) is 36.7 Å². The molecule has 1 N–H and O–H groups in total. The van der Waals surface area contributed by atoms with E-state index in [1.54, 1.807) is 0 Å². The van der Waals surface area contributed by atoms with Crippen LogP contribution in [0, 0.1) is 23.7 Å². The molecule has 1 aromatic carbocycles. The van der Waals surface area contributed by atoms with Crippen LogP contribution in [0.3, 0.4) is 0 Å². The zero-order valence-corrected chi connectivity index (χ0v) is 13.0. The van der Waals surface area contributed by atoms with Crippen LogP contribution in [0.4, 0.5) is 0 Å². The van der Waals surface area contributed by atoms with Crippen LogP contribution in [-0.2, 0) is 11.2 Å². The molecule has 1 aliphatic rings. The van der Waals surface area contributed by atoms with Gasteiger partial charge in [-0.25, -0.2) is 0 Å². The number of Topliss-reactive ketones (excluding diaryl/α,β-unsaturated/α-hetero) is 1. The molecule has 1 fully saturated rings. The van der Waals surface area contributed by atoms with Crippen LogP contribution in [0.2, 0.25) is 0 Å². The third-order valence-corrected chi connectivity index (χ3v) is 4.33. The summed E-state index contributed by atoms with van der Waals surface area (Å²) in [5.41, 5.74) is 1.86. The number of benzene rings is 1. The zero-order valence-electron chi connectivity index (χ0n) is 13.0. The van der Waals surface area contributed by atoms with Gasteiger partial charge in [0.1, 0.15) is 0 Å². The summed E-state index contributed by atoms with van der Waals surface area (Å²) < 4.78 is 0. The normalized spacial score (nSPS) is 25.2. The van der Waals surface area contributed by atoms with E-state index >= 15 is 0 Å². The SMILES string of the molecule is CC(C)Cc1ccc(C(=O)C2CC(C)CC2C(=O)O)cc1. The average Bonchev–Trinajstić information content (AvgIpc) is 2.80. The summed E-state index contributed by atoms with van der Waals surface area (Å²) in [4.78, 5) is 23.9. The molecule has 1 aliphatic carbocycles. The fourth-order valence-corrected chi connectivity index (χ4v) is 3.35. The number of carboxylic acids is 1. The second kappa shape index (κ2) is 6.42. The lowest BCUT2D eigenvalue weighted by atomic mass is 9.88. The maximum Gasteiger partial charge on any atom is 0.307 e. The molecule has 21 heavy (non-hydrogen) atoms. The molecule has 3 atom stereocenters. The van der Waals surface area contributed by atoms with E-state index in [9.17, 15) is 14.7 Å². The maximum absolute atomic E-state index is 12.6. The van der Waals surface area contributed by atoms with Crippen LogP contribution in [0.5, 0.6) is 0 Å². The van der Waals surface area contributed by atoms with Gasteiger partial charge in [0.05, 0.1) is 5.92 Å². The Balaban J connectivity index is 2.14. The largest absolute Gasteiger partial charge is 0.481 e. The molecular formula is C18H24O3. The lowest BCUT2D eigenvalue weighted by Crippen LogP contribution is -2.25. The summed E-state index contributed by atoms with van der Waals surface area (Å²) in [5.74, 6) is -0.854. The number of carbonyl (C=O) groups is 2. The van der Waals surface area contributed by atoms with Crippen molar-refractivity contribution >= 4 is 11.8 Å². The third-order valence-electron chi connectivity index (χ3n) is 4.33. The minimum atomic E-state index is -0.839. The topological polar surface area (TPSA) is 54.4 Å². The molecule has 114 valence electrons. The van der Waals surface area contributed by atoms with Gasteiger partial charge in [0.25, 0.3) is 0 Å². The number of ketones is 1. The molecule has 3 heteroatoms. The number of rotatable bonds is 5. The molecule has 1 saturated carbocycles. The molecule has 0 heterocycles. The number of hydrogen-bond acceptors (Lipinski definition) is 2. The van der Waals surface area contributed by atoms with Gasteiger partial charge in [-0.2, -0.15) is 0 Å². The summed E-state index contributed by atoms with van der Waals surface area (Å²) in [7, 11) is 0. The van der Waals surface area contributed by atoms with Crippen LogP contribution in [-0.4, -0.2) is 16.9 Å². The van der Waals surface area contributed by atoms with Crippen LogP contribution in [0.15, 0.2) is 24.3 Å². The molecule has 3 unspecified atom stereocenters. The zero-order chi connectivity index (χ0) is 15.6. The standard InChI is InChI=1S/C18H24O3/c1-11(2)8-13-4-6-14(7-5-13)17(19)15-9-12(3)10-16(15)18(20)21/h4-7,11-12,15-16H,8-10H2,1-3H3,(H,20,21). The molecular weight excluding hydrogens is 264 g/mol. The van der Waals surface area contributed by atoms with Crippen LogP contribution < -0.4 is 0 Å². The molecule has 0 amide bonds. The molecule has 3 nitrogen and oxygen atoms in total. The predicted octanol–water partition coefficient (Wildman–Crippen LogP) is 3.81. The maximum atomic E-state index is 12.6. The molecule has 0 bridgehead atoms. The van der Waals surface area contributed by atoms with Crippen LogP contribution in [0.25, 0.3) is 0 Å². The Labute approximate surface area is 126 Å². The van der Waals surface area contributed by atoms with Gasteiger partial charge < -0.3 is 5.11 Å². The molecule has 0 spiro atoms. The summed E-state index contributed by atoms with van der Waals surface area (Å²) in [5, 5.41) is 9.29. The van der Waals surface area contributed by atoms with Gasteiger partial charge in [-0.1, -0.05) is 45.0 Å². The Bertz CT molecular complexity index is 516. The van der Waals surface area contributed by atoms with Crippen molar-refractivity contribution in [3.8, 4) is 0 Å². The van der Waals surface area contributed by atoms with E-state index in [1.807, 2.05) is 31.2 Å². The Kier molecular flexibility index (Phi) is 4.81. The summed E-state index contributed by atoms with van der Waals surface area (Å²) >= 11 is 0. The highest BCUT2D eigenvalue weighted by Crippen LogP contribution is 2.38. The van der Waals surface area contributed by atoms with Gasteiger partial charge in [0.15, 0.2) is 5.78 Å². The summed E-state index contributed by atoms with van der Waals surface area (Å²) in [6, 6.07) is 7.67. The smallest absolute Gasteiger partial charge is 0.307 e. The van der Waals surface area contributed by atoms with E-state index in [2.05, 4.69) is 13.8 Å². The van der Waals surface area contributed by atoms with Crippen molar-refractivity contribution in [1.29, 1.82) is 0 Å². The molecule has 0 aliphatic heterocycles. The fourth-order valence-electron chi connectivity index (χ4n) is 3.35. The van der Waals surface area contributed by atoms with Gasteiger partial charge in [-0.3, -0.25) is 9.59 Å². The van der Waals surface area contributed by atoms with E-state index in [0.29, 0.717) is 30.2 Å². The highest BCUT2D eigenvalue weighted by atomic mass is 16.4. The Morgan fingerprint density at radius 1 is 1.14 bits per heavy atom. The summed E-state index contributed by atoms with van der Waals surface area (Å²) in [6.45, 7) is 6.35. The van der Waals surface area contributed by atoms with Gasteiger partial charge in [0, 0.05) is 11.5 Å². The first-order valence-corrected chi connectivity index (χ1v) is 7.74. The first-order chi connectivity index (χ1) is 9.88. The van der Waals surface area contributed by atoms with E-state index in [4.69, 9.17) is 0 Å². The lowest BCUT2D eigenvalue weighted by Gasteiger charge is -2.15. The highest BCUT2D eigenvalue weighted by molar-refractivity contribution is 6.00. The van der Waals surface area contributed by atoms with Gasteiger partial charge in [0.2, 0.25) is 0 Å². The predicted molar refractivity (Wildman–Crippen MR) is 82.3 cm³/mol. The van der Waals surface area contributed by atoms with Gasteiger partial charge >= 0.3 is 5.97 Å². The van der Waals surface area contributed by atoms with Crippen molar-refractivity contribution in [3.63, 3.8) is 0 Å². The Morgan fingerprint density at radius 3 is 2.24 bits per heavy atom. The quantitative estimate of drug-likeness (QED) is 0.838. The number of carboxylic acid groups (broad SMARTS) is 1. The van der Waals surface area contributed by atoms with Crippen LogP contribution >= 0.6 is 0 Å². The number of hydrogen-bond donors (Lipinski definition) is 1. The molecule has 0 saturated heterocycles. The Morgan fingerprint density at radius 2 is 1.71 bits per heavy atom. The van der Waals surface area contributed by atoms with Crippen molar-refractivity contribution < 1.29 is 14.7 Å². The van der Waals surface area contributed by atoms with E-state index in [-0.39, 0.29) is 11.7 Å². The van der Waals surface area contributed by atoms with Crippen molar-refractivity contribution in [1.82, 2.24) is 0 Å². The van der Waals surface area contributed by atoms with E-state index in [0.717, 1.165) is 6.42 Å². The van der Waals surface area contributed by atoms with E-state index in [1.165, 1.54) is 5.56 Å². The van der Waals surface area contributed by atoms with Crippen molar-refractivity contribution in [2.45, 2.75) is 40.0 Å². The number of aliphatic carboxylic acids is 1. The van der Waals surface area contributed by atoms with Crippen molar-refractivity contribution in [2.24, 2.45) is 23.7 Å². The molecule has 2 rings (SSSR count). The molecule has 1 aromatic rings. The third kappa shape index (κ3) is 3.72. The monoisotopic (exact) mass is 288 g/mol. The first-order valence-electron chi connectivity index (χ1n) is 7.74. The fraction of sp³-hybridized carbons (Fsp3) is 0.556. The average molecular weight is 288 g/mol. The minimum Gasteiger partial charge on any atom is -0.481 e.